The third-order valence-corrected chi connectivity index (χ3v) is 2.90. The van der Waals surface area contributed by atoms with Crippen LogP contribution in [0.4, 0.5) is 4.39 Å². The van der Waals surface area contributed by atoms with Crippen molar-refractivity contribution in [2.75, 3.05) is 0 Å². The molecule has 0 saturated heterocycles. The summed E-state index contributed by atoms with van der Waals surface area (Å²) in [6, 6.07) is 11.3. The van der Waals surface area contributed by atoms with Crippen LogP contribution in [0, 0.1) is 11.2 Å². The molecule has 19 heavy (non-hydrogen) atoms. The van der Waals surface area contributed by atoms with Crippen LogP contribution >= 0.6 is 11.6 Å². The Morgan fingerprint density at radius 2 is 1.95 bits per heavy atom. The first kappa shape index (κ1) is 13.4. The largest absolute Gasteiger partial charge is 0.488 e. The fraction of sp³-hybridized carbons (Fsp3) is 0.0714. The highest BCUT2D eigenvalue weighted by Gasteiger charge is 2.11. The first-order valence-corrected chi connectivity index (χ1v) is 5.96. The average molecular weight is 279 g/mol. The van der Waals surface area contributed by atoms with Gasteiger partial charge in [0.1, 0.15) is 24.0 Å². The summed E-state index contributed by atoms with van der Waals surface area (Å²) in [5, 5.41) is 7.81. The molecule has 0 saturated carbocycles. The zero-order valence-corrected chi connectivity index (χ0v) is 10.7. The minimum Gasteiger partial charge on any atom is -0.488 e. The molecule has 3 nitrogen and oxygen atoms in total. The van der Waals surface area contributed by atoms with Crippen LogP contribution in [0.15, 0.2) is 42.5 Å². The van der Waals surface area contributed by atoms with Crippen molar-refractivity contribution >= 4 is 17.4 Å². The van der Waals surface area contributed by atoms with E-state index in [1.54, 1.807) is 36.4 Å². The SMILES string of the molecule is N=C(N)c1c(Cl)cccc1OCc1ccccc1F. The number of benzene rings is 2. The smallest absolute Gasteiger partial charge is 0.132 e. The van der Waals surface area contributed by atoms with Gasteiger partial charge in [-0.3, -0.25) is 5.41 Å². The minimum atomic E-state index is -0.339. The van der Waals surface area contributed by atoms with Crippen molar-refractivity contribution in [1.29, 1.82) is 5.41 Å². The maximum absolute atomic E-state index is 13.5. The van der Waals surface area contributed by atoms with E-state index in [1.807, 2.05) is 0 Å². The summed E-state index contributed by atoms with van der Waals surface area (Å²) in [6.45, 7) is 0.0489. The van der Waals surface area contributed by atoms with E-state index in [0.717, 1.165) is 0 Å². The van der Waals surface area contributed by atoms with Gasteiger partial charge in [-0.2, -0.15) is 0 Å². The lowest BCUT2D eigenvalue weighted by Crippen LogP contribution is -2.14. The Kier molecular flexibility index (Phi) is 4.02. The summed E-state index contributed by atoms with van der Waals surface area (Å²) in [6.07, 6.45) is 0. The molecule has 0 bridgehead atoms. The Bertz CT molecular complexity index is 616. The van der Waals surface area contributed by atoms with Crippen molar-refractivity contribution in [3.63, 3.8) is 0 Å². The van der Waals surface area contributed by atoms with Crippen LogP contribution in [0.3, 0.4) is 0 Å². The molecule has 0 heterocycles. The normalized spacial score (nSPS) is 10.2. The topological polar surface area (TPSA) is 59.1 Å². The summed E-state index contributed by atoms with van der Waals surface area (Å²) >= 11 is 5.96. The highest BCUT2D eigenvalue weighted by Crippen LogP contribution is 2.26. The molecule has 98 valence electrons. The van der Waals surface area contributed by atoms with Crippen molar-refractivity contribution in [3.05, 3.63) is 64.4 Å². The van der Waals surface area contributed by atoms with Gasteiger partial charge in [-0.25, -0.2) is 4.39 Å². The number of amidine groups is 1. The number of rotatable bonds is 4. The van der Waals surface area contributed by atoms with Gasteiger partial charge in [0.2, 0.25) is 0 Å². The predicted octanol–water partition coefficient (Wildman–Crippen LogP) is 3.34. The van der Waals surface area contributed by atoms with Gasteiger partial charge in [-0.05, 0) is 18.2 Å². The van der Waals surface area contributed by atoms with E-state index in [9.17, 15) is 4.39 Å². The summed E-state index contributed by atoms with van der Waals surface area (Å²) in [5.74, 6) is -0.161. The fourth-order valence-corrected chi connectivity index (χ4v) is 1.92. The zero-order chi connectivity index (χ0) is 13.8. The Hall–Kier alpha value is -2.07. The zero-order valence-electron chi connectivity index (χ0n) is 9.99. The van der Waals surface area contributed by atoms with Crippen molar-refractivity contribution in [2.45, 2.75) is 6.61 Å². The molecule has 0 aliphatic rings. The molecule has 0 radical (unpaired) electrons. The number of nitrogens with one attached hydrogen (secondary N) is 1. The van der Waals surface area contributed by atoms with Gasteiger partial charge in [0.25, 0.3) is 0 Å². The average Bonchev–Trinajstić information content (AvgIpc) is 2.37. The molecule has 2 aromatic carbocycles. The predicted molar refractivity (Wildman–Crippen MR) is 73.2 cm³/mol. The number of nitrogen functional groups attached to an aromatic ring is 1. The molecular formula is C14H12ClFN2O. The monoisotopic (exact) mass is 278 g/mol. The first-order valence-electron chi connectivity index (χ1n) is 5.58. The number of ether oxygens (including phenoxy) is 1. The molecule has 0 aliphatic heterocycles. The molecule has 0 aliphatic carbocycles. The minimum absolute atomic E-state index is 0.0489. The van der Waals surface area contributed by atoms with E-state index in [-0.39, 0.29) is 18.3 Å². The van der Waals surface area contributed by atoms with Gasteiger partial charge in [-0.15, -0.1) is 0 Å². The van der Waals surface area contributed by atoms with Crippen molar-refractivity contribution in [3.8, 4) is 5.75 Å². The van der Waals surface area contributed by atoms with Gasteiger partial charge in [-0.1, -0.05) is 35.9 Å². The molecule has 5 heteroatoms. The van der Waals surface area contributed by atoms with Gasteiger partial charge in [0, 0.05) is 5.56 Å². The fourth-order valence-electron chi connectivity index (χ4n) is 1.66. The lowest BCUT2D eigenvalue weighted by atomic mass is 10.2. The highest BCUT2D eigenvalue weighted by atomic mass is 35.5. The van der Waals surface area contributed by atoms with Gasteiger partial charge in [0.05, 0.1) is 10.6 Å². The maximum Gasteiger partial charge on any atom is 0.132 e. The van der Waals surface area contributed by atoms with Crippen LogP contribution in [-0.2, 0) is 6.61 Å². The van der Waals surface area contributed by atoms with E-state index in [1.165, 1.54) is 6.07 Å². The van der Waals surface area contributed by atoms with Crippen molar-refractivity contribution in [1.82, 2.24) is 0 Å². The van der Waals surface area contributed by atoms with E-state index in [0.29, 0.717) is 21.9 Å². The molecule has 0 aromatic heterocycles. The Morgan fingerprint density at radius 3 is 2.63 bits per heavy atom. The van der Waals surface area contributed by atoms with Gasteiger partial charge in [0.15, 0.2) is 0 Å². The van der Waals surface area contributed by atoms with Gasteiger partial charge >= 0.3 is 0 Å². The Labute approximate surface area is 115 Å². The van der Waals surface area contributed by atoms with Crippen LogP contribution in [-0.4, -0.2) is 5.84 Å². The lowest BCUT2D eigenvalue weighted by molar-refractivity contribution is 0.299. The molecule has 0 spiro atoms. The van der Waals surface area contributed by atoms with Crippen LogP contribution in [0.25, 0.3) is 0 Å². The molecular weight excluding hydrogens is 267 g/mol. The Balaban J connectivity index is 2.23. The third-order valence-electron chi connectivity index (χ3n) is 2.59. The number of hydrogen-bond donors (Lipinski definition) is 2. The second kappa shape index (κ2) is 5.71. The summed E-state index contributed by atoms with van der Waals surface area (Å²) in [4.78, 5) is 0. The van der Waals surface area contributed by atoms with Crippen molar-refractivity contribution in [2.24, 2.45) is 5.73 Å². The third kappa shape index (κ3) is 3.03. The molecule has 2 rings (SSSR count). The lowest BCUT2D eigenvalue weighted by Gasteiger charge is -2.12. The van der Waals surface area contributed by atoms with Crippen molar-refractivity contribution < 1.29 is 9.13 Å². The summed E-state index contributed by atoms with van der Waals surface area (Å²) < 4.78 is 19.0. The molecule has 0 atom stereocenters. The first-order chi connectivity index (χ1) is 9.09. The van der Waals surface area contributed by atoms with E-state index in [4.69, 9.17) is 27.5 Å². The van der Waals surface area contributed by atoms with Crippen LogP contribution in [0.2, 0.25) is 5.02 Å². The summed E-state index contributed by atoms with van der Waals surface area (Å²) in [7, 11) is 0. The van der Waals surface area contributed by atoms with E-state index in [2.05, 4.69) is 0 Å². The molecule has 0 amide bonds. The van der Waals surface area contributed by atoms with Crippen LogP contribution < -0.4 is 10.5 Å². The standard InChI is InChI=1S/C14H12ClFN2O/c15-10-5-3-7-12(13(10)14(17)18)19-8-9-4-1-2-6-11(9)16/h1-7H,8H2,(H3,17,18). The highest BCUT2D eigenvalue weighted by molar-refractivity contribution is 6.34. The van der Waals surface area contributed by atoms with E-state index < -0.39 is 0 Å². The maximum atomic E-state index is 13.5. The van der Waals surface area contributed by atoms with Gasteiger partial charge < -0.3 is 10.5 Å². The number of halogens is 2. The number of nitrogens with two attached hydrogens (primary N) is 1. The molecule has 3 N–H and O–H groups in total. The Morgan fingerprint density at radius 1 is 1.21 bits per heavy atom. The van der Waals surface area contributed by atoms with Crippen LogP contribution in [0.5, 0.6) is 5.75 Å². The molecule has 0 fully saturated rings. The molecule has 2 aromatic rings. The van der Waals surface area contributed by atoms with E-state index >= 15 is 0 Å². The second-order valence-electron chi connectivity index (χ2n) is 3.91. The quantitative estimate of drug-likeness (QED) is 0.666. The second-order valence-corrected chi connectivity index (χ2v) is 4.31. The van der Waals surface area contributed by atoms with Crippen LogP contribution in [0.1, 0.15) is 11.1 Å². The molecule has 0 unspecified atom stereocenters. The number of hydrogen-bond acceptors (Lipinski definition) is 2. The summed E-state index contributed by atoms with van der Waals surface area (Å²) in [5.41, 5.74) is 6.21.